The first kappa shape index (κ1) is 30.6. The van der Waals surface area contributed by atoms with Crippen molar-refractivity contribution >= 4 is 46.6 Å². The summed E-state index contributed by atoms with van der Waals surface area (Å²) in [5.74, 6) is -1.10. The number of carbonyl (C=O) groups excluding carboxylic acids is 2. The molecule has 0 radical (unpaired) electrons. The normalized spacial score (nSPS) is 26.4. The van der Waals surface area contributed by atoms with E-state index < -0.39 is 39.2 Å². The molecule has 0 amide bonds. The molecule has 0 aliphatic heterocycles. The SMILES string of the molecule is CC(C)(OCCC[C@@H]1C(=O)CC2C(C(O)C(O)C(F)c3ccccc3)C21)C(C)(C)C(=O)OCC(Cl)(Cl)Cl. The van der Waals surface area contributed by atoms with Crippen LogP contribution in [0.3, 0.4) is 0 Å². The summed E-state index contributed by atoms with van der Waals surface area (Å²) in [5.41, 5.74) is -1.64. The molecule has 6 unspecified atom stereocenters. The summed E-state index contributed by atoms with van der Waals surface area (Å²) in [5, 5.41) is 21.2. The van der Waals surface area contributed by atoms with Crippen molar-refractivity contribution in [2.75, 3.05) is 13.2 Å². The molecule has 1 aromatic rings. The van der Waals surface area contributed by atoms with Crippen molar-refractivity contribution in [3.63, 3.8) is 0 Å². The Morgan fingerprint density at radius 3 is 2.35 bits per heavy atom. The van der Waals surface area contributed by atoms with Gasteiger partial charge in [-0.05, 0) is 63.9 Å². The van der Waals surface area contributed by atoms with E-state index in [1.807, 2.05) is 0 Å². The van der Waals surface area contributed by atoms with Gasteiger partial charge in [0.25, 0.3) is 0 Å². The Morgan fingerprint density at radius 2 is 1.76 bits per heavy atom. The van der Waals surface area contributed by atoms with Crippen molar-refractivity contribution in [3.8, 4) is 0 Å². The van der Waals surface area contributed by atoms with Crippen molar-refractivity contribution in [1.82, 2.24) is 0 Å². The van der Waals surface area contributed by atoms with Gasteiger partial charge in [-0.25, -0.2) is 4.39 Å². The van der Waals surface area contributed by atoms with E-state index >= 15 is 0 Å². The molecule has 0 heterocycles. The molecule has 2 saturated carbocycles. The van der Waals surface area contributed by atoms with Gasteiger partial charge in [-0.2, -0.15) is 0 Å². The molecule has 2 aliphatic carbocycles. The number of halogens is 4. The van der Waals surface area contributed by atoms with Crippen LogP contribution in [-0.4, -0.2) is 56.8 Å². The van der Waals surface area contributed by atoms with Gasteiger partial charge in [0, 0.05) is 18.9 Å². The van der Waals surface area contributed by atoms with Crippen molar-refractivity contribution < 1.29 is 33.7 Å². The molecule has 6 nitrogen and oxygen atoms in total. The predicted octanol–water partition coefficient (Wildman–Crippen LogP) is 5.39. The lowest BCUT2D eigenvalue weighted by molar-refractivity contribution is -0.174. The predicted molar refractivity (Wildman–Crippen MR) is 140 cm³/mol. The van der Waals surface area contributed by atoms with Crippen molar-refractivity contribution in [1.29, 1.82) is 0 Å². The van der Waals surface area contributed by atoms with Crippen molar-refractivity contribution in [2.24, 2.45) is 29.1 Å². The van der Waals surface area contributed by atoms with Gasteiger partial charge in [-0.15, -0.1) is 0 Å². The highest BCUT2D eigenvalue weighted by molar-refractivity contribution is 6.67. The second-order valence-electron chi connectivity index (χ2n) is 11.2. The maximum absolute atomic E-state index is 14.8. The zero-order valence-electron chi connectivity index (χ0n) is 21.5. The number of aliphatic hydroxyl groups excluding tert-OH is 2. The average molecular weight is 582 g/mol. The number of hydrogen-bond acceptors (Lipinski definition) is 6. The van der Waals surface area contributed by atoms with E-state index in [4.69, 9.17) is 44.3 Å². The number of esters is 1. The molecule has 7 atom stereocenters. The Bertz CT molecular complexity index is 951. The fraction of sp³-hybridized carbons (Fsp3) is 0.704. The number of ketones is 1. The van der Waals surface area contributed by atoms with E-state index in [-0.39, 0.29) is 36.1 Å². The van der Waals surface area contributed by atoms with Crippen LogP contribution in [0.25, 0.3) is 0 Å². The largest absolute Gasteiger partial charge is 0.461 e. The van der Waals surface area contributed by atoms with Crippen LogP contribution >= 0.6 is 34.8 Å². The summed E-state index contributed by atoms with van der Waals surface area (Å²) >= 11 is 17.0. The molecule has 2 fully saturated rings. The Morgan fingerprint density at radius 1 is 1.14 bits per heavy atom. The van der Waals surface area contributed by atoms with Crippen LogP contribution < -0.4 is 0 Å². The molecule has 1 aromatic carbocycles. The smallest absolute Gasteiger partial charge is 0.314 e. The number of alkyl halides is 4. The topological polar surface area (TPSA) is 93.1 Å². The van der Waals surface area contributed by atoms with Crippen LogP contribution in [-0.2, 0) is 19.1 Å². The summed E-state index contributed by atoms with van der Waals surface area (Å²) in [6.45, 7) is 6.84. The maximum atomic E-state index is 14.8. The van der Waals surface area contributed by atoms with E-state index in [9.17, 15) is 24.2 Å². The van der Waals surface area contributed by atoms with E-state index in [0.717, 1.165) is 0 Å². The molecule has 0 spiro atoms. The molecular formula is C27H36Cl3FO6. The first-order valence-electron chi connectivity index (χ1n) is 12.5. The highest BCUT2D eigenvalue weighted by Crippen LogP contribution is 2.62. The second-order valence-corrected chi connectivity index (χ2v) is 13.7. The van der Waals surface area contributed by atoms with Crippen LogP contribution in [0.2, 0.25) is 0 Å². The van der Waals surface area contributed by atoms with Gasteiger partial charge >= 0.3 is 5.97 Å². The molecule has 3 rings (SSSR count). The highest BCUT2D eigenvalue weighted by atomic mass is 35.6. The molecule has 0 aromatic heterocycles. The lowest BCUT2D eigenvalue weighted by Gasteiger charge is -2.39. The zero-order valence-corrected chi connectivity index (χ0v) is 23.8. The number of ether oxygens (including phenoxy) is 2. The Kier molecular flexibility index (Phi) is 9.63. The van der Waals surface area contributed by atoms with Gasteiger partial charge in [-0.3, -0.25) is 9.59 Å². The highest BCUT2D eigenvalue weighted by Gasteiger charge is 2.64. The lowest BCUT2D eigenvalue weighted by atomic mass is 9.77. The second kappa shape index (κ2) is 11.6. The van der Waals surface area contributed by atoms with Gasteiger partial charge in [0.2, 0.25) is 3.79 Å². The molecule has 208 valence electrons. The third kappa shape index (κ3) is 6.98. The number of hydrogen-bond donors (Lipinski definition) is 2. The summed E-state index contributed by atoms with van der Waals surface area (Å²) in [6, 6.07) is 8.26. The fourth-order valence-corrected chi connectivity index (χ4v) is 5.48. The number of fused-ring (bicyclic) bond motifs is 1. The minimum atomic E-state index is -1.71. The van der Waals surface area contributed by atoms with Crippen LogP contribution in [0.15, 0.2) is 30.3 Å². The summed E-state index contributed by atoms with van der Waals surface area (Å²) in [6.07, 6.45) is -3.06. The molecule has 2 aliphatic rings. The van der Waals surface area contributed by atoms with E-state index in [2.05, 4.69) is 0 Å². The molecule has 10 heteroatoms. The van der Waals surface area contributed by atoms with Crippen LogP contribution in [0.4, 0.5) is 4.39 Å². The monoisotopic (exact) mass is 580 g/mol. The summed E-state index contributed by atoms with van der Waals surface area (Å²) < 4.78 is 24.3. The van der Waals surface area contributed by atoms with Crippen molar-refractivity contribution in [2.45, 2.75) is 74.7 Å². The van der Waals surface area contributed by atoms with Crippen molar-refractivity contribution in [3.05, 3.63) is 35.9 Å². The summed E-state index contributed by atoms with van der Waals surface area (Å²) in [7, 11) is 0. The molecule has 0 saturated heterocycles. The standard InChI is InChI=1S/C27H36Cl3FO6/c1-25(2,24(35)36-14-27(28,29)30)26(3,4)37-12-8-11-16-18(32)13-17-19(16)20(17)22(33)23(34)21(31)15-9-6-5-7-10-15/h5-7,9-10,16-17,19-23,33-34H,8,11-14H2,1-4H3/t16-,17?,19?,20?,21?,22?,23?/m1/s1. The molecule has 37 heavy (non-hydrogen) atoms. The number of rotatable bonds is 12. The minimum Gasteiger partial charge on any atom is -0.461 e. The van der Waals surface area contributed by atoms with Gasteiger partial charge < -0.3 is 19.7 Å². The third-order valence-corrected chi connectivity index (χ3v) is 8.60. The summed E-state index contributed by atoms with van der Waals surface area (Å²) in [4.78, 5) is 25.1. The molecule has 0 bridgehead atoms. The molecule has 2 N–H and O–H groups in total. The average Bonchev–Trinajstić information content (AvgIpc) is 3.43. The van der Waals surface area contributed by atoms with E-state index in [1.54, 1.807) is 58.0 Å². The van der Waals surface area contributed by atoms with Crippen LogP contribution in [0.5, 0.6) is 0 Å². The first-order chi connectivity index (χ1) is 17.1. The Hall–Kier alpha value is -0.960. The maximum Gasteiger partial charge on any atom is 0.314 e. The number of carbonyl (C=O) groups is 2. The van der Waals surface area contributed by atoms with E-state index in [0.29, 0.717) is 31.4 Å². The minimum absolute atomic E-state index is 0.0332. The van der Waals surface area contributed by atoms with Crippen LogP contribution in [0, 0.1) is 29.1 Å². The van der Waals surface area contributed by atoms with Gasteiger partial charge in [-0.1, -0.05) is 65.1 Å². The number of Topliss-reactive ketones (excluding diaryl/α,β-unsaturated/α-hetero) is 1. The lowest BCUT2D eigenvalue weighted by Crippen LogP contribution is -2.48. The van der Waals surface area contributed by atoms with Gasteiger partial charge in [0.1, 0.15) is 18.5 Å². The third-order valence-electron chi connectivity index (χ3n) is 8.27. The van der Waals surface area contributed by atoms with Gasteiger partial charge in [0.05, 0.1) is 17.1 Å². The van der Waals surface area contributed by atoms with E-state index in [1.165, 1.54) is 0 Å². The number of benzene rings is 1. The quantitative estimate of drug-likeness (QED) is 0.195. The van der Waals surface area contributed by atoms with Gasteiger partial charge in [0.15, 0.2) is 6.17 Å². The first-order valence-corrected chi connectivity index (χ1v) is 13.7. The molecular weight excluding hydrogens is 546 g/mol. The fourth-order valence-electron chi connectivity index (χ4n) is 5.32. The number of aliphatic hydroxyl groups is 2. The zero-order chi connectivity index (χ0) is 27.8. The van der Waals surface area contributed by atoms with Crippen LogP contribution in [0.1, 0.15) is 58.7 Å². The Labute approximate surface area is 232 Å². The Balaban J connectivity index is 1.49.